The first-order valence-corrected chi connectivity index (χ1v) is 12.7. The van der Waals surface area contributed by atoms with E-state index in [0.717, 1.165) is 32.1 Å². The molecular formula is C23H21ClF2N4O3S. The zero-order valence-corrected chi connectivity index (χ0v) is 19.8. The van der Waals surface area contributed by atoms with E-state index >= 15 is 0 Å². The highest BCUT2D eigenvalue weighted by Gasteiger charge is 2.41. The van der Waals surface area contributed by atoms with Crippen LogP contribution in [0.25, 0.3) is 22.3 Å². The van der Waals surface area contributed by atoms with Gasteiger partial charge in [-0.15, -0.1) is 0 Å². The van der Waals surface area contributed by atoms with Crippen LogP contribution in [0, 0.1) is 11.3 Å². The molecule has 2 saturated carbocycles. The van der Waals surface area contributed by atoms with Crippen molar-refractivity contribution in [3.8, 4) is 23.2 Å². The molecule has 7 nitrogen and oxygen atoms in total. The largest absolute Gasteiger partial charge is 0.433 e. The first-order valence-electron chi connectivity index (χ1n) is 10.8. The van der Waals surface area contributed by atoms with Gasteiger partial charge >= 0.3 is 6.61 Å². The predicted octanol–water partition coefficient (Wildman–Crippen LogP) is 5.39. The van der Waals surface area contributed by atoms with Gasteiger partial charge in [0.1, 0.15) is 16.7 Å². The van der Waals surface area contributed by atoms with Crippen molar-refractivity contribution in [2.24, 2.45) is 0 Å². The number of fused-ring (bicyclic) bond motifs is 1. The number of aromatic nitrogens is 2. The fourth-order valence-corrected chi connectivity index (χ4v) is 5.86. The molecular weight excluding hydrogens is 486 g/mol. The molecule has 0 amide bonds. The number of nitrogens with one attached hydrogen (secondary N) is 1. The smallest absolute Gasteiger partial charge is 0.387 e. The maximum Gasteiger partial charge on any atom is 0.387 e. The molecule has 1 aromatic carbocycles. The maximum absolute atomic E-state index is 12.9. The highest BCUT2D eigenvalue weighted by molar-refractivity contribution is 7.89. The van der Waals surface area contributed by atoms with Gasteiger partial charge < -0.3 is 9.30 Å². The summed E-state index contributed by atoms with van der Waals surface area (Å²) in [5, 5.41) is 10.5. The molecule has 2 aliphatic carbocycles. The first kappa shape index (κ1) is 23.0. The summed E-state index contributed by atoms with van der Waals surface area (Å²) in [4.78, 5) is 4.42. The standard InChI is InChI=1S/C23H21ClF2N4O3S/c1-23(7-8-23)29-34(31,32)14-5-6-18(28-12-14)21-16(11-27)15-9-17(24)20(33-22(25)26)10-19(15)30(21)13-3-2-4-13/h5-6,9-10,12-13,22,29H,2-4,7-8H2,1H3. The van der Waals surface area contributed by atoms with Crippen LogP contribution >= 0.6 is 11.6 Å². The number of hydrogen-bond acceptors (Lipinski definition) is 5. The molecule has 0 unspecified atom stereocenters. The molecule has 0 radical (unpaired) electrons. The number of nitriles is 1. The number of nitrogens with zero attached hydrogens (tertiary/aromatic N) is 3. The molecule has 0 spiro atoms. The summed E-state index contributed by atoms with van der Waals surface area (Å²) in [5.74, 6) is -0.174. The van der Waals surface area contributed by atoms with E-state index in [9.17, 15) is 22.5 Å². The molecule has 2 fully saturated rings. The molecule has 11 heteroatoms. The van der Waals surface area contributed by atoms with Gasteiger partial charge in [0.25, 0.3) is 0 Å². The van der Waals surface area contributed by atoms with Crippen molar-refractivity contribution in [2.75, 3.05) is 0 Å². The number of pyridine rings is 1. The summed E-state index contributed by atoms with van der Waals surface area (Å²) >= 11 is 6.17. The second-order valence-electron chi connectivity index (χ2n) is 9.01. The molecule has 2 heterocycles. The number of rotatable bonds is 7. The fraction of sp³-hybridized carbons (Fsp3) is 0.391. The van der Waals surface area contributed by atoms with Gasteiger partial charge in [0, 0.05) is 29.2 Å². The lowest BCUT2D eigenvalue weighted by atomic mass is 9.92. The average molecular weight is 507 g/mol. The van der Waals surface area contributed by atoms with Crippen LogP contribution in [-0.4, -0.2) is 30.1 Å². The summed E-state index contributed by atoms with van der Waals surface area (Å²) in [5.41, 5.74) is 1.32. The highest BCUT2D eigenvalue weighted by Crippen LogP contribution is 2.44. The molecule has 0 aliphatic heterocycles. The summed E-state index contributed by atoms with van der Waals surface area (Å²) < 4.78 is 60.3. The van der Waals surface area contributed by atoms with Crippen LogP contribution in [0.4, 0.5) is 8.78 Å². The van der Waals surface area contributed by atoms with Crippen LogP contribution in [0.2, 0.25) is 5.02 Å². The van der Waals surface area contributed by atoms with Gasteiger partial charge in [0.15, 0.2) is 0 Å². The van der Waals surface area contributed by atoms with Crippen molar-refractivity contribution in [1.29, 1.82) is 5.26 Å². The lowest BCUT2D eigenvalue weighted by Crippen LogP contribution is -2.34. The van der Waals surface area contributed by atoms with Gasteiger partial charge in [-0.1, -0.05) is 11.6 Å². The van der Waals surface area contributed by atoms with E-state index in [1.54, 1.807) is 6.07 Å². The summed E-state index contributed by atoms with van der Waals surface area (Å²) in [7, 11) is -3.73. The Labute approximate surface area is 200 Å². The van der Waals surface area contributed by atoms with E-state index < -0.39 is 22.2 Å². The molecule has 0 bridgehead atoms. The summed E-state index contributed by atoms with van der Waals surface area (Å²) in [6.07, 6.45) is 5.53. The second-order valence-corrected chi connectivity index (χ2v) is 11.1. The third kappa shape index (κ3) is 4.02. The zero-order chi connectivity index (χ0) is 24.3. The van der Waals surface area contributed by atoms with E-state index in [1.807, 2.05) is 11.5 Å². The summed E-state index contributed by atoms with van der Waals surface area (Å²) in [6, 6.07) is 8.13. The molecule has 34 heavy (non-hydrogen) atoms. The highest BCUT2D eigenvalue weighted by atomic mass is 35.5. The molecule has 3 aromatic rings. The van der Waals surface area contributed by atoms with Gasteiger partial charge in [-0.05, 0) is 57.2 Å². The van der Waals surface area contributed by atoms with Crippen LogP contribution in [0.1, 0.15) is 50.6 Å². The summed E-state index contributed by atoms with van der Waals surface area (Å²) in [6.45, 7) is -1.20. The number of ether oxygens (including phenoxy) is 1. The third-order valence-electron chi connectivity index (χ3n) is 6.49. The van der Waals surface area contributed by atoms with Crippen molar-refractivity contribution in [3.05, 3.63) is 41.0 Å². The Hall–Kier alpha value is -2.74. The second kappa shape index (κ2) is 8.18. The topological polar surface area (TPSA) is 97.0 Å². The van der Waals surface area contributed by atoms with Crippen molar-refractivity contribution in [2.45, 2.75) is 62.1 Å². The number of halogens is 3. The van der Waals surface area contributed by atoms with Crippen LogP contribution < -0.4 is 9.46 Å². The van der Waals surface area contributed by atoms with Crippen LogP contribution in [0.15, 0.2) is 35.4 Å². The van der Waals surface area contributed by atoms with E-state index in [-0.39, 0.29) is 21.7 Å². The number of sulfonamides is 1. The zero-order valence-electron chi connectivity index (χ0n) is 18.2. The normalized spacial score (nSPS) is 17.5. The van der Waals surface area contributed by atoms with Crippen LogP contribution in [-0.2, 0) is 10.0 Å². The number of alkyl halides is 2. The molecule has 5 rings (SSSR count). The minimum absolute atomic E-state index is 0.0318. The number of hydrogen-bond donors (Lipinski definition) is 1. The minimum atomic E-state index is -3.73. The van der Waals surface area contributed by atoms with Crippen LogP contribution in [0.3, 0.4) is 0 Å². The Bertz CT molecular complexity index is 1420. The van der Waals surface area contributed by atoms with Gasteiger partial charge in [0.2, 0.25) is 10.0 Å². The Morgan fingerprint density at radius 1 is 1.32 bits per heavy atom. The lowest BCUT2D eigenvalue weighted by Gasteiger charge is -2.30. The van der Waals surface area contributed by atoms with Crippen molar-refractivity contribution < 1.29 is 21.9 Å². The predicted molar refractivity (Wildman–Crippen MR) is 122 cm³/mol. The molecule has 0 atom stereocenters. The fourth-order valence-electron chi connectivity index (χ4n) is 4.24. The SMILES string of the molecule is CC1(NS(=O)(=O)c2ccc(-c3c(C#N)c4cc(Cl)c(OC(F)F)cc4n3C3CCC3)nc2)CC1. The monoisotopic (exact) mass is 506 g/mol. The molecule has 0 saturated heterocycles. The minimum Gasteiger partial charge on any atom is -0.433 e. The molecule has 2 aliphatic rings. The third-order valence-corrected chi connectivity index (χ3v) is 8.41. The Kier molecular flexibility index (Phi) is 5.54. The van der Waals surface area contributed by atoms with E-state index in [1.165, 1.54) is 24.4 Å². The van der Waals surface area contributed by atoms with E-state index in [2.05, 4.69) is 20.5 Å². The molecule has 1 N–H and O–H groups in total. The van der Waals surface area contributed by atoms with Crippen molar-refractivity contribution in [3.63, 3.8) is 0 Å². The van der Waals surface area contributed by atoms with E-state index in [4.69, 9.17) is 11.6 Å². The average Bonchev–Trinajstić information content (AvgIpc) is 3.37. The quantitative estimate of drug-likeness (QED) is 0.463. The van der Waals surface area contributed by atoms with Crippen LogP contribution in [0.5, 0.6) is 5.75 Å². The Balaban J connectivity index is 1.64. The van der Waals surface area contributed by atoms with Gasteiger partial charge in [-0.2, -0.15) is 14.0 Å². The molecule has 178 valence electrons. The van der Waals surface area contributed by atoms with E-state index in [0.29, 0.717) is 27.9 Å². The van der Waals surface area contributed by atoms with Gasteiger partial charge in [-0.3, -0.25) is 4.98 Å². The Morgan fingerprint density at radius 2 is 2.06 bits per heavy atom. The van der Waals surface area contributed by atoms with Gasteiger partial charge in [-0.25, -0.2) is 13.1 Å². The lowest BCUT2D eigenvalue weighted by molar-refractivity contribution is -0.0497. The maximum atomic E-state index is 12.9. The van der Waals surface area contributed by atoms with Crippen molar-refractivity contribution in [1.82, 2.24) is 14.3 Å². The van der Waals surface area contributed by atoms with Crippen molar-refractivity contribution >= 4 is 32.5 Å². The molecule has 2 aromatic heterocycles. The first-order chi connectivity index (χ1) is 16.1. The Morgan fingerprint density at radius 3 is 2.59 bits per heavy atom. The van der Waals surface area contributed by atoms with Gasteiger partial charge in [0.05, 0.1) is 27.5 Å². The number of benzene rings is 1.